The quantitative estimate of drug-likeness (QED) is 0.461. The first-order chi connectivity index (χ1) is 12.6. The van der Waals surface area contributed by atoms with E-state index in [9.17, 15) is 5.11 Å². The number of aromatic hydroxyl groups is 1. The summed E-state index contributed by atoms with van der Waals surface area (Å²) < 4.78 is 0. The van der Waals surface area contributed by atoms with Gasteiger partial charge in [0.2, 0.25) is 0 Å². The molecule has 1 aromatic carbocycles. The third-order valence-corrected chi connectivity index (χ3v) is 4.95. The van der Waals surface area contributed by atoms with Crippen molar-refractivity contribution in [2.24, 2.45) is 0 Å². The summed E-state index contributed by atoms with van der Waals surface area (Å²) in [6, 6.07) is 7.24. The van der Waals surface area contributed by atoms with Gasteiger partial charge in [0, 0.05) is 16.9 Å². The molecule has 0 radical (unpaired) electrons. The number of phenolic OH excluding ortho intramolecular Hbond substituents is 1. The topological polar surface area (TPSA) is 124 Å². The Morgan fingerprint density at radius 3 is 2.81 bits per heavy atom. The molecule has 1 aliphatic rings. The maximum absolute atomic E-state index is 9.65. The van der Waals surface area contributed by atoms with Gasteiger partial charge in [0.05, 0.1) is 17.0 Å². The van der Waals surface area contributed by atoms with Crippen molar-refractivity contribution in [2.45, 2.75) is 38.1 Å². The summed E-state index contributed by atoms with van der Waals surface area (Å²) in [5, 5.41) is 22.6. The Balaban J connectivity index is 1.69. The molecule has 4 rings (SSSR count). The highest BCUT2D eigenvalue weighted by Crippen LogP contribution is 2.28. The van der Waals surface area contributed by atoms with Crippen LogP contribution < -0.4 is 11.1 Å². The highest BCUT2D eigenvalue weighted by atomic mass is 16.3. The van der Waals surface area contributed by atoms with Gasteiger partial charge < -0.3 is 21.1 Å². The van der Waals surface area contributed by atoms with Crippen molar-refractivity contribution < 1.29 is 5.11 Å². The van der Waals surface area contributed by atoms with Gasteiger partial charge in [-0.3, -0.25) is 5.41 Å². The fourth-order valence-electron chi connectivity index (χ4n) is 3.58. The second kappa shape index (κ2) is 6.67. The smallest absolute Gasteiger partial charge is 0.141 e. The molecule has 0 saturated heterocycles. The lowest BCUT2D eigenvalue weighted by Crippen LogP contribution is -2.25. The highest BCUT2D eigenvalue weighted by Gasteiger charge is 2.21. The van der Waals surface area contributed by atoms with Crippen LogP contribution in [0.5, 0.6) is 5.75 Å². The van der Waals surface area contributed by atoms with Crippen LogP contribution in [0, 0.1) is 5.41 Å². The zero-order chi connectivity index (χ0) is 18.1. The molecular weight excluding hydrogens is 328 g/mol. The Labute approximate surface area is 151 Å². The first-order valence-electron chi connectivity index (χ1n) is 8.90. The van der Waals surface area contributed by atoms with Crippen LogP contribution in [0.25, 0.3) is 10.9 Å². The van der Waals surface area contributed by atoms with Gasteiger partial charge in [-0.15, -0.1) is 0 Å². The number of rotatable bonds is 4. The highest BCUT2D eigenvalue weighted by molar-refractivity contribution is 6.16. The van der Waals surface area contributed by atoms with Crippen LogP contribution in [-0.4, -0.2) is 31.8 Å². The molecule has 1 aliphatic carbocycles. The zero-order valence-electron chi connectivity index (χ0n) is 14.4. The van der Waals surface area contributed by atoms with E-state index >= 15 is 0 Å². The lowest BCUT2D eigenvalue weighted by atomic mass is 9.95. The molecule has 0 unspecified atom stereocenters. The molecule has 7 heteroatoms. The van der Waals surface area contributed by atoms with E-state index < -0.39 is 0 Å². The number of H-pyrrole nitrogens is 1. The number of hydrogen-bond donors (Lipinski definition) is 5. The Morgan fingerprint density at radius 1 is 1.19 bits per heavy atom. The van der Waals surface area contributed by atoms with Gasteiger partial charge in [0.1, 0.15) is 23.7 Å². The number of nitrogens with zero attached hydrogens (tertiary/aromatic N) is 2. The Morgan fingerprint density at radius 2 is 2.00 bits per heavy atom. The fraction of sp³-hybridized carbons (Fsp3) is 0.316. The van der Waals surface area contributed by atoms with Gasteiger partial charge in [-0.05, 0) is 37.1 Å². The fourth-order valence-corrected chi connectivity index (χ4v) is 3.58. The normalized spacial score (nSPS) is 15.2. The number of fused-ring (bicyclic) bond motifs is 1. The van der Waals surface area contributed by atoms with Gasteiger partial charge >= 0.3 is 0 Å². The minimum Gasteiger partial charge on any atom is -0.508 e. The third kappa shape index (κ3) is 3.08. The van der Waals surface area contributed by atoms with Gasteiger partial charge in [0.15, 0.2) is 0 Å². The number of phenols is 1. The molecule has 2 heterocycles. The first kappa shape index (κ1) is 16.4. The molecule has 3 aromatic rings. The second-order valence-corrected chi connectivity index (χ2v) is 6.79. The zero-order valence-corrected chi connectivity index (χ0v) is 14.4. The second-order valence-electron chi connectivity index (χ2n) is 6.79. The molecule has 0 bridgehead atoms. The number of benzene rings is 1. The van der Waals surface area contributed by atoms with E-state index in [1.807, 2.05) is 6.07 Å². The van der Waals surface area contributed by atoms with Crippen molar-refractivity contribution in [3.05, 3.63) is 41.9 Å². The van der Waals surface area contributed by atoms with E-state index in [2.05, 4.69) is 20.3 Å². The molecule has 6 N–H and O–H groups in total. The van der Waals surface area contributed by atoms with Crippen molar-refractivity contribution in [3.63, 3.8) is 0 Å². The number of aromatic amines is 1. The SMILES string of the molecule is N=C(c1cc2cc(O)ccc2[nH]1)c1c(N)ncnc1NC1CCCCC1. The summed E-state index contributed by atoms with van der Waals surface area (Å²) in [7, 11) is 0. The minimum atomic E-state index is 0.191. The molecule has 0 aliphatic heterocycles. The molecule has 0 atom stereocenters. The van der Waals surface area contributed by atoms with Crippen molar-refractivity contribution in [1.29, 1.82) is 5.41 Å². The van der Waals surface area contributed by atoms with E-state index in [1.165, 1.54) is 25.6 Å². The Hall–Kier alpha value is -3.09. The van der Waals surface area contributed by atoms with Crippen molar-refractivity contribution in [1.82, 2.24) is 15.0 Å². The average molecular weight is 350 g/mol. The van der Waals surface area contributed by atoms with Crippen molar-refractivity contribution in [3.8, 4) is 5.75 Å². The van der Waals surface area contributed by atoms with Crippen molar-refractivity contribution >= 4 is 28.3 Å². The maximum atomic E-state index is 9.65. The maximum Gasteiger partial charge on any atom is 0.141 e. The van der Waals surface area contributed by atoms with E-state index in [1.54, 1.807) is 18.2 Å². The van der Waals surface area contributed by atoms with Crippen molar-refractivity contribution in [2.75, 3.05) is 11.1 Å². The van der Waals surface area contributed by atoms with Gasteiger partial charge in [-0.25, -0.2) is 9.97 Å². The van der Waals surface area contributed by atoms with Crippen LogP contribution in [0.3, 0.4) is 0 Å². The molecule has 1 saturated carbocycles. The molecule has 134 valence electrons. The number of nitrogens with two attached hydrogens (primary N) is 1. The van der Waals surface area contributed by atoms with E-state index in [4.69, 9.17) is 11.1 Å². The van der Waals surface area contributed by atoms with Crippen LogP contribution >= 0.6 is 0 Å². The summed E-state index contributed by atoms with van der Waals surface area (Å²) in [6.45, 7) is 0. The van der Waals surface area contributed by atoms with Crippen LogP contribution in [0.15, 0.2) is 30.6 Å². The predicted molar refractivity (Wildman–Crippen MR) is 103 cm³/mol. The van der Waals surface area contributed by atoms with Crippen LogP contribution in [0.4, 0.5) is 11.6 Å². The first-order valence-corrected chi connectivity index (χ1v) is 8.90. The summed E-state index contributed by atoms with van der Waals surface area (Å²) >= 11 is 0. The Kier molecular flexibility index (Phi) is 4.20. The Bertz CT molecular complexity index is 958. The number of hydrogen-bond acceptors (Lipinski definition) is 6. The number of anilines is 2. The van der Waals surface area contributed by atoms with Crippen LogP contribution in [0.1, 0.15) is 43.4 Å². The standard InChI is InChI=1S/C19H22N6O/c20-17(15-9-11-8-13(26)6-7-14(11)25-15)16-18(21)22-10-23-19(16)24-12-4-2-1-3-5-12/h6-10,12,20,25-26H,1-5H2,(H3,21,22,23,24). The average Bonchev–Trinajstić information content (AvgIpc) is 3.05. The lowest BCUT2D eigenvalue weighted by molar-refractivity contribution is 0.462. The van der Waals surface area contributed by atoms with Gasteiger partial charge in [-0.2, -0.15) is 0 Å². The molecule has 7 nitrogen and oxygen atoms in total. The molecule has 0 spiro atoms. The molecule has 2 aromatic heterocycles. The monoisotopic (exact) mass is 350 g/mol. The van der Waals surface area contributed by atoms with E-state index in [0.29, 0.717) is 23.1 Å². The van der Waals surface area contributed by atoms with Gasteiger partial charge in [0.25, 0.3) is 0 Å². The van der Waals surface area contributed by atoms with E-state index in [-0.39, 0.29) is 17.3 Å². The minimum absolute atomic E-state index is 0.191. The predicted octanol–water partition coefficient (Wildman–Crippen LogP) is 3.41. The molecular formula is C19H22N6O. The van der Waals surface area contributed by atoms with Gasteiger partial charge in [-0.1, -0.05) is 19.3 Å². The van der Waals surface area contributed by atoms with Crippen LogP contribution in [-0.2, 0) is 0 Å². The number of aromatic nitrogens is 3. The lowest BCUT2D eigenvalue weighted by Gasteiger charge is -2.24. The summed E-state index contributed by atoms with van der Waals surface area (Å²) in [5.74, 6) is 1.08. The number of nitrogens with one attached hydrogen (secondary N) is 3. The number of nitrogen functional groups attached to an aromatic ring is 1. The van der Waals surface area contributed by atoms with Crippen LogP contribution in [0.2, 0.25) is 0 Å². The summed E-state index contributed by atoms with van der Waals surface area (Å²) in [4.78, 5) is 11.6. The molecule has 0 amide bonds. The van der Waals surface area contributed by atoms with E-state index in [0.717, 1.165) is 23.7 Å². The molecule has 26 heavy (non-hydrogen) atoms. The third-order valence-electron chi connectivity index (χ3n) is 4.95. The largest absolute Gasteiger partial charge is 0.508 e. The molecule has 1 fully saturated rings. The summed E-state index contributed by atoms with van der Waals surface area (Å²) in [6.07, 6.45) is 7.31. The summed E-state index contributed by atoms with van der Waals surface area (Å²) in [5.41, 5.74) is 8.30.